The highest BCUT2D eigenvalue weighted by Gasteiger charge is 2.26. The third kappa shape index (κ3) is 7.61. The summed E-state index contributed by atoms with van der Waals surface area (Å²) < 4.78 is 17.1. The zero-order valence-electron chi connectivity index (χ0n) is 15.3. The summed E-state index contributed by atoms with van der Waals surface area (Å²) in [5.74, 6) is 1.29. The van der Waals surface area contributed by atoms with Crippen LogP contribution in [0.15, 0.2) is 4.99 Å². The normalized spacial score (nSPS) is 22.8. The van der Waals surface area contributed by atoms with Gasteiger partial charge in [-0.25, -0.2) is 4.99 Å². The van der Waals surface area contributed by atoms with Crippen LogP contribution in [0.5, 0.6) is 0 Å². The highest BCUT2D eigenvalue weighted by molar-refractivity contribution is 7.85. The van der Waals surface area contributed by atoms with Crippen molar-refractivity contribution in [2.75, 3.05) is 46.7 Å². The lowest BCUT2D eigenvalue weighted by molar-refractivity contribution is -0.127. The third-order valence-electron chi connectivity index (χ3n) is 4.09. The van der Waals surface area contributed by atoms with Gasteiger partial charge in [-0.05, 0) is 19.3 Å². The SMILES string of the molecule is CCS(=O)C1CCCC(NC(=NCC(=O)N(C)C)NCCOC)C1. The van der Waals surface area contributed by atoms with E-state index in [4.69, 9.17) is 4.74 Å². The highest BCUT2D eigenvalue weighted by atomic mass is 32.2. The van der Waals surface area contributed by atoms with E-state index in [1.165, 1.54) is 4.90 Å². The Kier molecular flexibility index (Phi) is 9.94. The molecule has 8 heteroatoms. The topological polar surface area (TPSA) is 83.0 Å². The number of likely N-dealkylation sites (N-methyl/N-ethyl adjacent to an activating group) is 1. The first-order valence-corrected chi connectivity index (χ1v) is 9.97. The van der Waals surface area contributed by atoms with Gasteiger partial charge in [0.05, 0.1) is 6.61 Å². The molecule has 0 heterocycles. The van der Waals surface area contributed by atoms with E-state index in [1.807, 2.05) is 6.92 Å². The van der Waals surface area contributed by atoms with Gasteiger partial charge < -0.3 is 20.3 Å². The van der Waals surface area contributed by atoms with Gasteiger partial charge in [-0.15, -0.1) is 0 Å². The van der Waals surface area contributed by atoms with E-state index in [-0.39, 0.29) is 23.7 Å². The van der Waals surface area contributed by atoms with Crippen molar-refractivity contribution in [3.63, 3.8) is 0 Å². The maximum atomic E-state index is 12.1. The van der Waals surface area contributed by atoms with Crippen molar-refractivity contribution >= 4 is 22.7 Å². The molecular formula is C16H32N4O3S. The van der Waals surface area contributed by atoms with Gasteiger partial charge >= 0.3 is 0 Å². The first-order valence-electron chi connectivity index (χ1n) is 8.59. The van der Waals surface area contributed by atoms with Crippen molar-refractivity contribution in [2.24, 2.45) is 4.99 Å². The average molecular weight is 361 g/mol. The largest absolute Gasteiger partial charge is 0.383 e. The van der Waals surface area contributed by atoms with Crippen molar-refractivity contribution < 1.29 is 13.7 Å². The predicted octanol–water partition coefficient (Wildman–Crippen LogP) is 0.336. The van der Waals surface area contributed by atoms with Crippen LogP contribution < -0.4 is 10.6 Å². The number of hydrogen-bond donors (Lipinski definition) is 2. The minimum Gasteiger partial charge on any atom is -0.383 e. The number of carbonyl (C=O) groups excluding carboxylic acids is 1. The molecule has 0 aromatic carbocycles. The minimum atomic E-state index is -0.754. The lowest BCUT2D eigenvalue weighted by Crippen LogP contribution is -2.47. The Morgan fingerprint density at radius 3 is 2.75 bits per heavy atom. The number of nitrogens with zero attached hydrogens (tertiary/aromatic N) is 2. The Labute approximate surface area is 148 Å². The Hall–Kier alpha value is -1.15. The van der Waals surface area contributed by atoms with Crippen molar-refractivity contribution in [3.05, 3.63) is 0 Å². The third-order valence-corrected chi connectivity index (χ3v) is 5.83. The number of guanidine groups is 1. The van der Waals surface area contributed by atoms with Gasteiger partial charge in [0, 0.05) is 55.6 Å². The summed E-state index contributed by atoms with van der Waals surface area (Å²) >= 11 is 0. The van der Waals surface area contributed by atoms with Crippen LogP contribution in [0.4, 0.5) is 0 Å². The molecule has 24 heavy (non-hydrogen) atoms. The number of aliphatic imine (C=N–C) groups is 1. The molecule has 140 valence electrons. The van der Waals surface area contributed by atoms with Crippen molar-refractivity contribution in [3.8, 4) is 0 Å². The smallest absolute Gasteiger partial charge is 0.243 e. The van der Waals surface area contributed by atoms with Crippen molar-refractivity contribution in [2.45, 2.75) is 43.9 Å². The van der Waals surface area contributed by atoms with Gasteiger partial charge in [-0.2, -0.15) is 0 Å². The molecule has 0 spiro atoms. The summed E-state index contributed by atoms with van der Waals surface area (Å²) in [6.45, 7) is 3.26. The molecule has 7 nitrogen and oxygen atoms in total. The number of carbonyl (C=O) groups is 1. The van der Waals surface area contributed by atoms with Gasteiger partial charge in [0.1, 0.15) is 6.54 Å². The summed E-state index contributed by atoms with van der Waals surface area (Å²) in [6, 6.07) is 0.238. The van der Waals surface area contributed by atoms with Crippen molar-refractivity contribution in [1.82, 2.24) is 15.5 Å². The van der Waals surface area contributed by atoms with Gasteiger partial charge in [0.25, 0.3) is 0 Å². The average Bonchev–Trinajstić information content (AvgIpc) is 2.58. The summed E-state index contributed by atoms with van der Waals surface area (Å²) in [7, 11) is 4.33. The Bertz CT molecular complexity index is 443. The van der Waals surface area contributed by atoms with E-state index in [9.17, 15) is 9.00 Å². The molecule has 0 aromatic heterocycles. The molecule has 3 atom stereocenters. The number of hydrogen-bond acceptors (Lipinski definition) is 4. The molecule has 0 aromatic rings. The molecule has 0 aliphatic heterocycles. The maximum Gasteiger partial charge on any atom is 0.243 e. The Morgan fingerprint density at radius 1 is 1.38 bits per heavy atom. The summed E-state index contributed by atoms with van der Waals surface area (Å²) in [5.41, 5.74) is 0. The molecule has 1 aliphatic rings. The molecule has 1 saturated carbocycles. The van der Waals surface area contributed by atoms with Crippen LogP contribution in [0.25, 0.3) is 0 Å². The van der Waals surface area contributed by atoms with Crippen LogP contribution in [-0.4, -0.2) is 78.9 Å². The summed E-state index contributed by atoms with van der Waals surface area (Å²) in [4.78, 5) is 17.6. The molecule has 1 amide bonds. The fourth-order valence-electron chi connectivity index (χ4n) is 2.66. The van der Waals surface area contributed by atoms with E-state index >= 15 is 0 Å². The quantitative estimate of drug-likeness (QED) is 0.370. The molecule has 0 radical (unpaired) electrons. The number of rotatable bonds is 8. The fraction of sp³-hybridized carbons (Fsp3) is 0.875. The van der Waals surface area contributed by atoms with Crippen LogP contribution in [0.1, 0.15) is 32.6 Å². The Balaban J connectivity index is 2.63. The molecule has 0 bridgehead atoms. The fourth-order valence-corrected chi connectivity index (χ4v) is 4.00. The molecule has 1 fully saturated rings. The molecule has 1 aliphatic carbocycles. The first kappa shape index (κ1) is 20.9. The second kappa shape index (κ2) is 11.4. The van der Waals surface area contributed by atoms with E-state index in [2.05, 4.69) is 15.6 Å². The van der Waals surface area contributed by atoms with E-state index in [1.54, 1.807) is 21.2 Å². The second-order valence-electron chi connectivity index (χ2n) is 6.17. The van der Waals surface area contributed by atoms with E-state index < -0.39 is 10.8 Å². The lowest BCUT2D eigenvalue weighted by Gasteiger charge is -2.30. The standard InChI is InChI=1S/C16H32N4O3S/c1-5-24(22)14-8-6-7-13(11-14)19-16(17-9-10-23-4)18-12-15(21)20(2)3/h13-14H,5-12H2,1-4H3,(H2,17,18,19). The predicted molar refractivity (Wildman–Crippen MR) is 98.7 cm³/mol. The van der Waals surface area contributed by atoms with Crippen LogP contribution in [0.3, 0.4) is 0 Å². The number of amides is 1. The monoisotopic (exact) mass is 360 g/mol. The lowest BCUT2D eigenvalue weighted by atomic mass is 9.95. The van der Waals surface area contributed by atoms with Crippen LogP contribution >= 0.6 is 0 Å². The number of nitrogens with one attached hydrogen (secondary N) is 2. The zero-order valence-corrected chi connectivity index (χ0v) is 16.2. The molecule has 1 rings (SSSR count). The van der Waals surface area contributed by atoms with Gasteiger partial charge in [-0.1, -0.05) is 13.3 Å². The van der Waals surface area contributed by atoms with Crippen LogP contribution in [0, 0.1) is 0 Å². The summed E-state index contributed by atoms with van der Waals surface area (Å²) in [6.07, 6.45) is 4.01. The van der Waals surface area contributed by atoms with Crippen LogP contribution in [-0.2, 0) is 20.3 Å². The summed E-state index contributed by atoms with van der Waals surface area (Å²) in [5, 5.41) is 6.84. The van der Waals surface area contributed by atoms with Gasteiger partial charge in [0.15, 0.2) is 5.96 Å². The molecule has 2 N–H and O–H groups in total. The molecule has 3 unspecified atom stereocenters. The van der Waals surface area contributed by atoms with E-state index in [0.29, 0.717) is 24.9 Å². The van der Waals surface area contributed by atoms with Gasteiger partial charge in [-0.3, -0.25) is 9.00 Å². The number of ether oxygens (including phenoxy) is 1. The van der Waals surface area contributed by atoms with Crippen molar-refractivity contribution in [1.29, 1.82) is 0 Å². The maximum absolute atomic E-state index is 12.1. The molecule has 0 saturated heterocycles. The number of methoxy groups -OCH3 is 1. The zero-order chi connectivity index (χ0) is 17.9. The van der Waals surface area contributed by atoms with Gasteiger partial charge in [0.2, 0.25) is 5.91 Å². The van der Waals surface area contributed by atoms with Crippen LogP contribution in [0.2, 0.25) is 0 Å². The first-order chi connectivity index (χ1) is 11.5. The molecular weight excluding hydrogens is 328 g/mol. The van der Waals surface area contributed by atoms with E-state index in [0.717, 1.165) is 25.7 Å². The highest BCUT2D eigenvalue weighted by Crippen LogP contribution is 2.22. The Morgan fingerprint density at radius 2 is 2.12 bits per heavy atom. The minimum absolute atomic E-state index is 0.0450. The second-order valence-corrected chi connectivity index (χ2v) is 8.18.